The summed E-state index contributed by atoms with van der Waals surface area (Å²) >= 11 is 0. The fraction of sp³-hybridized carbons (Fsp3) is 0.208. The van der Waals surface area contributed by atoms with E-state index in [0.29, 0.717) is 33.4 Å². The second kappa shape index (κ2) is 7.72. The molecular formula is C24H22O6. The lowest BCUT2D eigenvalue weighted by molar-refractivity contribution is 0.134. The van der Waals surface area contributed by atoms with Crippen LogP contribution in [0.3, 0.4) is 0 Å². The molecule has 4 rings (SSSR count). The Hall–Kier alpha value is -3.51. The van der Waals surface area contributed by atoms with Gasteiger partial charge in [-0.15, -0.1) is 0 Å². The lowest BCUT2D eigenvalue weighted by Gasteiger charge is -2.20. The van der Waals surface area contributed by atoms with E-state index in [4.69, 9.17) is 18.6 Å². The molecule has 0 spiro atoms. The van der Waals surface area contributed by atoms with E-state index in [0.717, 1.165) is 16.5 Å². The highest BCUT2D eigenvalue weighted by molar-refractivity contribution is 6.07. The quantitative estimate of drug-likeness (QED) is 0.382. The van der Waals surface area contributed by atoms with Crippen LogP contribution in [0, 0.1) is 6.92 Å². The standard InChI is InChI=1S/C24H22O6/c1-13-11-21(25)30-24-15(13)6-7-16-17(24)8-9-18(22(16)26)23(29-4)14-5-10-19(27-2)20(12-14)28-3/h5-12,23,26H,1-4H3/t23-/m1/s1. The molecule has 0 saturated heterocycles. The average Bonchev–Trinajstić information content (AvgIpc) is 2.75. The molecule has 30 heavy (non-hydrogen) atoms. The van der Waals surface area contributed by atoms with Gasteiger partial charge in [0, 0.05) is 34.9 Å². The van der Waals surface area contributed by atoms with E-state index in [-0.39, 0.29) is 5.75 Å². The molecule has 0 aliphatic carbocycles. The van der Waals surface area contributed by atoms with E-state index >= 15 is 0 Å². The van der Waals surface area contributed by atoms with Crippen molar-refractivity contribution < 1.29 is 23.7 Å². The number of phenolic OH excluding ortho intramolecular Hbond substituents is 1. The molecule has 1 heterocycles. The van der Waals surface area contributed by atoms with Crippen LogP contribution in [0.5, 0.6) is 17.2 Å². The van der Waals surface area contributed by atoms with Crippen molar-refractivity contribution in [1.29, 1.82) is 0 Å². The zero-order valence-corrected chi connectivity index (χ0v) is 17.2. The zero-order chi connectivity index (χ0) is 21.4. The Labute approximate surface area is 173 Å². The molecule has 6 nitrogen and oxygen atoms in total. The first kappa shape index (κ1) is 19.8. The second-order valence-electron chi connectivity index (χ2n) is 7.02. The van der Waals surface area contributed by atoms with Crippen LogP contribution in [-0.2, 0) is 4.74 Å². The summed E-state index contributed by atoms with van der Waals surface area (Å²) in [6, 6.07) is 14.2. The van der Waals surface area contributed by atoms with Gasteiger partial charge in [0.2, 0.25) is 0 Å². The van der Waals surface area contributed by atoms with Crippen LogP contribution < -0.4 is 15.1 Å². The number of rotatable bonds is 5. The lowest BCUT2D eigenvalue weighted by Crippen LogP contribution is -2.05. The molecule has 0 unspecified atom stereocenters. The van der Waals surface area contributed by atoms with Gasteiger partial charge in [-0.1, -0.05) is 18.2 Å². The Balaban J connectivity index is 1.91. The Bertz CT molecular complexity index is 1300. The van der Waals surface area contributed by atoms with Crippen LogP contribution >= 0.6 is 0 Å². The molecule has 4 aromatic rings. The number of hydrogen-bond acceptors (Lipinski definition) is 6. The number of benzene rings is 3. The summed E-state index contributed by atoms with van der Waals surface area (Å²) < 4.78 is 21.9. The van der Waals surface area contributed by atoms with E-state index in [1.54, 1.807) is 33.5 Å². The molecule has 0 saturated carbocycles. The third kappa shape index (κ3) is 3.15. The number of ether oxygens (including phenoxy) is 3. The van der Waals surface area contributed by atoms with Gasteiger partial charge in [0.15, 0.2) is 11.5 Å². The normalized spacial score (nSPS) is 12.3. The van der Waals surface area contributed by atoms with E-state index in [1.165, 1.54) is 6.07 Å². The summed E-state index contributed by atoms with van der Waals surface area (Å²) in [5.74, 6) is 1.25. The molecule has 1 N–H and O–H groups in total. The Morgan fingerprint density at radius 1 is 0.867 bits per heavy atom. The van der Waals surface area contributed by atoms with Gasteiger partial charge in [0.1, 0.15) is 17.4 Å². The number of methoxy groups -OCH3 is 3. The van der Waals surface area contributed by atoms with Gasteiger partial charge in [-0.25, -0.2) is 4.79 Å². The van der Waals surface area contributed by atoms with Gasteiger partial charge in [0.05, 0.1) is 14.2 Å². The average molecular weight is 406 g/mol. The smallest absolute Gasteiger partial charge is 0.336 e. The number of aromatic hydroxyl groups is 1. The van der Waals surface area contributed by atoms with Crippen LogP contribution in [0.1, 0.15) is 22.8 Å². The van der Waals surface area contributed by atoms with Crippen LogP contribution in [0.2, 0.25) is 0 Å². The Morgan fingerprint density at radius 2 is 1.57 bits per heavy atom. The maximum Gasteiger partial charge on any atom is 0.336 e. The largest absolute Gasteiger partial charge is 0.507 e. The molecule has 1 atom stereocenters. The van der Waals surface area contributed by atoms with Crippen molar-refractivity contribution in [2.45, 2.75) is 13.0 Å². The number of aryl methyl sites for hydroxylation is 1. The molecule has 1 aromatic heterocycles. The van der Waals surface area contributed by atoms with Crippen molar-refractivity contribution in [1.82, 2.24) is 0 Å². The zero-order valence-electron chi connectivity index (χ0n) is 17.2. The molecule has 0 aliphatic heterocycles. The fourth-order valence-corrected chi connectivity index (χ4v) is 3.85. The molecule has 154 valence electrons. The van der Waals surface area contributed by atoms with Crippen molar-refractivity contribution in [3.63, 3.8) is 0 Å². The highest BCUT2D eigenvalue weighted by Crippen LogP contribution is 2.41. The molecule has 6 heteroatoms. The summed E-state index contributed by atoms with van der Waals surface area (Å²) in [5.41, 5.74) is 2.25. The van der Waals surface area contributed by atoms with Gasteiger partial charge < -0.3 is 23.7 Å². The topological polar surface area (TPSA) is 78.1 Å². The minimum absolute atomic E-state index is 0.0696. The minimum atomic E-state index is -0.533. The number of phenols is 1. The summed E-state index contributed by atoms with van der Waals surface area (Å²) in [6.45, 7) is 1.86. The Morgan fingerprint density at radius 3 is 2.27 bits per heavy atom. The molecule has 0 bridgehead atoms. The van der Waals surface area contributed by atoms with Gasteiger partial charge in [-0.05, 0) is 42.3 Å². The van der Waals surface area contributed by atoms with E-state index in [2.05, 4.69) is 0 Å². The molecule has 0 fully saturated rings. The van der Waals surface area contributed by atoms with E-state index < -0.39 is 11.7 Å². The lowest BCUT2D eigenvalue weighted by atomic mass is 9.95. The minimum Gasteiger partial charge on any atom is -0.507 e. The first-order valence-corrected chi connectivity index (χ1v) is 9.42. The predicted octanol–water partition coefficient (Wildman–Crippen LogP) is 4.71. The Kier molecular flexibility index (Phi) is 5.10. The van der Waals surface area contributed by atoms with Crippen molar-refractivity contribution >= 4 is 21.7 Å². The SMILES string of the molecule is COc1ccc([C@@H](OC)c2ccc3c(ccc4c(C)cc(=O)oc43)c2O)cc1OC. The van der Waals surface area contributed by atoms with Crippen LogP contribution in [0.15, 0.2) is 57.7 Å². The van der Waals surface area contributed by atoms with Crippen molar-refractivity contribution in [2.75, 3.05) is 21.3 Å². The van der Waals surface area contributed by atoms with Crippen LogP contribution in [-0.4, -0.2) is 26.4 Å². The third-order valence-corrected chi connectivity index (χ3v) is 5.34. The number of hydrogen-bond donors (Lipinski definition) is 1. The maximum absolute atomic E-state index is 11.9. The number of fused-ring (bicyclic) bond motifs is 3. The van der Waals surface area contributed by atoms with Gasteiger partial charge in [-0.2, -0.15) is 0 Å². The van der Waals surface area contributed by atoms with E-state index in [9.17, 15) is 9.90 Å². The monoisotopic (exact) mass is 406 g/mol. The van der Waals surface area contributed by atoms with Gasteiger partial charge >= 0.3 is 5.63 Å². The highest BCUT2D eigenvalue weighted by Gasteiger charge is 2.21. The first-order chi connectivity index (χ1) is 14.5. The molecule has 0 aliphatic rings. The molecule has 0 amide bonds. The molecule has 3 aromatic carbocycles. The van der Waals surface area contributed by atoms with Gasteiger partial charge in [-0.3, -0.25) is 0 Å². The second-order valence-corrected chi connectivity index (χ2v) is 7.02. The third-order valence-electron chi connectivity index (χ3n) is 5.34. The van der Waals surface area contributed by atoms with Crippen molar-refractivity contribution in [2.24, 2.45) is 0 Å². The molecule has 0 radical (unpaired) electrons. The van der Waals surface area contributed by atoms with Gasteiger partial charge in [0.25, 0.3) is 0 Å². The molecular weight excluding hydrogens is 384 g/mol. The summed E-state index contributed by atoms with van der Waals surface area (Å²) in [7, 11) is 4.72. The summed E-state index contributed by atoms with van der Waals surface area (Å²) in [4.78, 5) is 11.9. The van der Waals surface area contributed by atoms with Crippen LogP contribution in [0.25, 0.3) is 21.7 Å². The van der Waals surface area contributed by atoms with Crippen molar-refractivity contribution in [3.05, 3.63) is 75.6 Å². The first-order valence-electron chi connectivity index (χ1n) is 9.42. The highest BCUT2D eigenvalue weighted by atomic mass is 16.5. The summed E-state index contributed by atoms with van der Waals surface area (Å²) in [6.07, 6.45) is -0.533. The van der Waals surface area contributed by atoms with Crippen LogP contribution in [0.4, 0.5) is 0 Å². The fourth-order valence-electron chi connectivity index (χ4n) is 3.85. The summed E-state index contributed by atoms with van der Waals surface area (Å²) in [5, 5.41) is 13.2. The van der Waals surface area contributed by atoms with E-state index in [1.807, 2.05) is 37.3 Å². The van der Waals surface area contributed by atoms with Crippen molar-refractivity contribution in [3.8, 4) is 17.2 Å². The predicted molar refractivity (Wildman–Crippen MR) is 115 cm³/mol. The maximum atomic E-state index is 11.9.